The number of rotatable bonds is 2. The van der Waals surface area contributed by atoms with E-state index in [2.05, 4.69) is 9.80 Å². The van der Waals surface area contributed by atoms with Gasteiger partial charge in [-0.15, -0.1) is 0 Å². The van der Waals surface area contributed by atoms with Crippen LogP contribution in [0.25, 0.3) is 0 Å². The van der Waals surface area contributed by atoms with Crippen LogP contribution < -0.4 is 4.90 Å². The molecular formula is C19H22FN3O. The predicted octanol–water partition coefficient (Wildman–Crippen LogP) is 2.58. The normalized spacial score (nSPS) is 30.4. The zero-order valence-electron chi connectivity index (χ0n) is 13.7. The highest BCUT2D eigenvalue weighted by Gasteiger charge is 2.43. The number of nitrogens with zero attached hydrogens (tertiary/aromatic N) is 3. The minimum atomic E-state index is -0.439. The Bertz CT molecular complexity index is 674. The molecule has 1 aromatic rings. The third kappa shape index (κ3) is 2.80. The Morgan fingerprint density at radius 1 is 1.08 bits per heavy atom. The molecule has 3 aliphatic rings. The fourth-order valence-corrected chi connectivity index (χ4v) is 4.78. The van der Waals surface area contributed by atoms with Crippen molar-refractivity contribution in [3.8, 4) is 6.07 Å². The average molecular weight is 327 g/mol. The van der Waals surface area contributed by atoms with Crippen LogP contribution in [-0.4, -0.2) is 42.9 Å². The average Bonchev–Trinajstić information content (AvgIpc) is 3.12. The molecule has 24 heavy (non-hydrogen) atoms. The maximum absolute atomic E-state index is 13.8. The number of nitriles is 1. The zero-order valence-corrected chi connectivity index (χ0v) is 13.7. The molecule has 0 N–H and O–H groups in total. The van der Waals surface area contributed by atoms with Gasteiger partial charge in [0.05, 0.1) is 5.56 Å². The first-order valence-corrected chi connectivity index (χ1v) is 8.84. The molecule has 0 spiro atoms. The van der Waals surface area contributed by atoms with Gasteiger partial charge in [0.2, 0.25) is 0 Å². The Labute approximate surface area is 141 Å². The molecule has 4 nitrogen and oxygen atoms in total. The van der Waals surface area contributed by atoms with Crippen molar-refractivity contribution in [2.45, 2.75) is 31.7 Å². The van der Waals surface area contributed by atoms with Crippen molar-refractivity contribution in [1.82, 2.24) is 4.90 Å². The molecule has 3 fully saturated rings. The lowest BCUT2D eigenvalue weighted by atomic mass is 10.0. The van der Waals surface area contributed by atoms with E-state index in [4.69, 9.17) is 5.26 Å². The number of piperazine rings is 1. The molecule has 1 aliphatic heterocycles. The summed E-state index contributed by atoms with van der Waals surface area (Å²) in [6.07, 6.45) is 3.93. The minimum absolute atomic E-state index is 0.101. The maximum atomic E-state index is 13.8. The summed E-state index contributed by atoms with van der Waals surface area (Å²) in [7, 11) is 0. The number of hydrogen-bond acceptors (Lipinski definition) is 4. The number of halogens is 1. The number of ketones is 1. The molecule has 2 saturated carbocycles. The van der Waals surface area contributed by atoms with Crippen molar-refractivity contribution in [1.29, 1.82) is 5.26 Å². The van der Waals surface area contributed by atoms with Gasteiger partial charge in [-0.1, -0.05) is 0 Å². The molecule has 0 amide bonds. The van der Waals surface area contributed by atoms with Crippen LogP contribution in [0.1, 0.15) is 31.2 Å². The lowest BCUT2D eigenvalue weighted by molar-refractivity contribution is -0.117. The first-order chi connectivity index (χ1) is 11.6. The first-order valence-electron chi connectivity index (χ1n) is 8.84. The monoisotopic (exact) mass is 327 g/mol. The highest BCUT2D eigenvalue weighted by molar-refractivity contribution is 5.81. The van der Waals surface area contributed by atoms with Gasteiger partial charge in [0.15, 0.2) is 0 Å². The predicted molar refractivity (Wildman–Crippen MR) is 89.1 cm³/mol. The third-order valence-electron chi connectivity index (χ3n) is 6.06. The van der Waals surface area contributed by atoms with Crippen LogP contribution in [0.15, 0.2) is 18.2 Å². The molecule has 1 saturated heterocycles. The summed E-state index contributed by atoms with van der Waals surface area (Å²) in [5.74, 6) is 1.25. The number of hydrogen-bond donors (Lipinski definition) is 0. The van der Waals surface area contributed by atoms with Crippen molar-refractivity contribution in [2.75, 3.05) is 31.1 Å². The van der Waals surface area contributed by atoms with Gasteiger partial charge in [-0.05, 0) is 42.9 Å². The summed E-state index contributed by atoms with van der Waals surface area (Å²) in [5, 5.41) is 8.83. The van der Waals surface area contributed by atoms with Gasteiger partial charge >= 0.3 is 0 Å². The fourth-order valence-electron chi connectivity index (χ4n) is 4.78. The largest absolute Gasteiger partial charge is 0.369 e. The highest BCUT2D eigenvalue weighted by atomic mass is 19.1. The van der Waals surface area contributed by atoms with Crippen LogP contribution in [0.4, 0.5) is 10.1 Å². The summed E-state index contributed by atoms with van der Waals surface area (Å²) in [4.78, 5) is 16.3. The van der Waals surface area contributed by atoms with Crippen LogP contribution >= 0.6 is 0 Å². The summed E-state index contributed by atoms with van der Waals surface area (Å²) >= 11 is 0. The second-order valence-corrected chi connectivity index (χ2v) is 7.39. The lowest BCUT2D eigenvalue weighted by Crippen LogP contribution is -2.50. The molecule has 0 bridgehead atoms. The molecule has 0 radical (unpaired) electrons. The topological polar surface area (TPSA) is 47.3 Å². The van der Waals surface area contributed by atoms with Gasteiger partial charge in [0, 0.05) is 50.7 Å². The van der Waals surface area contributed by atoms with Crippen molar-refractivity contribution in [2.24, 2.45) is 11.8 Å². The molecule has 1 heterocycles. The SMILES string of the molecule is N#Cc1ccc(N2CCN(C3CC4CC(=O)CC4C3)CC2)cc1F. The number of carbonyl (C=O) groups excluding carboxylic acids is 1. The Morgan fingerprint density at radius 3 is 2.33 bits per heavy atom. The van der Waals surface area contributed by atoms with Gasteiger partial charge in [0.1, 0.15) is 17.7 Å². The van der Waals surface area contributed by atoms with Gasteiger partial charge in [-0.3, -0.25) is 9.69 Å². The van der Waals surface area contributed by atoms with Crippen LogP contribution in [0.5, 0.6) is 0 Å². The second-order valence-electron chi connectivity index (χ2n) is 7.39. The Hall–Kier alpha value is -1.93. The highest BCUT2D eigenvalue weighted by Crippen LogP contribution is 2.44. The molecule has 1 aromatic carbocycles. The van der Waals surface area contributed by atoms with E-state index in [1.54, 1.807) is 6.07 Å². The number of Topliss-reactive ketones (excluding diaryl/α,β-unsaturated/α-hetero) is 1. The fraction of sp³-hybridized carbons (Fsp3) is 0.579. The van der Waals surface area contributed by atoms with Crippen LogP contribution in [-0.2, 0) is 4.79 Å². The lowest BCUT2D eigenvalue weighted by Gasteiger charge is -2.39. The van der Waals surface area contributed by atoms with E-state index < -0.39 is 5.82 Å². The molecular weight excluding hydrogens is 305 g/mol. The maximum Gasteiger partial charge on any atom is 0.143 e. The number of anilines is 1. The molecule has 5 heteroatoms. The molecule has 2 aliphatic carbocycles. The van der Waals surface area contributed by atoms with E-state index in [1.165, 1.54) is 18.9 Å². The van der Waals surface area contributed by atoms with Gasteiger partial charge in [-0.25, -0.2) is 4.39 Å². The van der Waals surface area contributed by atoms with Crippen LogP contribution in [0.2, 0.25) is 0 Å². The number of benzene rings is 1. The first kappa shape index (κ1) is 15.6. The summed E-state index contributed by atoms with van der Waals surface area (Å²) in [5.41, 5.74) is 0.962. The van der Waals surface area contributed by atoms with Crippen LogP contribution in [0, 0.1) is 29.0 Å². The van der Waals surface area contributed by atoms with Gasteiger partial charge in [-0.2, -0.15) is 5.26 Å². The van der Waals surface area contributed by atoms with Gasteiger partial charge < -0.3 is 4.90 Å². The third-order valence-corrected chi connectivity index (χ3v) is 6.06. The molecule has 2 unspecified atom stereocenters. The Morgan fingerprint density at radius 2 is 1.75 bits per heavy atom. The molecule has 4 rings (SSSR count). The summed E-state index contributed by atoms with van der Waals surface area (Å²) < 4.78 is 13.8. The van der Waals surface area contributed by atoms with Crippen LogP contribution in [0.3, 0.4) is 0 Å². The van der Waals surface area contributed by atoms with Crippen molar-refractivity contribution in [3.63, 3.8) is 0 Å². The van der Waals surface area contributed by atoms with E-state index in [9.17, 15) is 9.18 Å². The van der Waals surface area contributed by atoms with E-state index in [0.717, 1.165) is 44.7 Å². The standard InChI is InChI=1S/C19H22FN3O/c20-19-11-16(2-1-13(19)12-21)22-3-5-23(6-4-22)17-7-14-9-18(24)10-15(14)8-17/h1-2,11,14-15,17H,3-10H2. The van der Waals surface area contributed by atoms with Crippen molar-refractivity contribution >= 4 is 11.5 Å². The smallest absolute Gasteiger partial charge is 0.143 e. The Balaban J connectivity index is 1.35. The quantitative estimate of drug-likeness (QED) is 0.838. The van der Waals surface area contributed by atoms with E-state index in [-0.39, 0.29) is 5.56 Å². The molecule has 126 valence electrons. The van der Waals surface area contributed by atoms with E-state index >= 15 is 0 Å². The molecule has 0 aromatic heterocycles. The number of carbonyl (C=O) groups is 1. The van der Waals surface area contributed by atoms with E-state index in [0.29, 0.717) is 23.7 Å². The second kappa shape index (κ2) is 6.18. The summed E-state index contributed by atoms with van der Waals surface area (Å²) in [6.45, 7) is 3.74. The Kier molecular flexibility index (Phi) is 4.01. The van der Waals surface area contributed by atoms with Crippen molar-refractivity contribution in [3.05, 3.63) is 29.6 Å². The van der Waals surface area contributed by atoms with Gasteiger partial charge in [0.25, 0.3) is 0 Å². The summed E-state index contributed by atoms with van der Waals surface area (Å²) in [6, 6.07) is 7.35. The van der Waals surface area contributed by atoms with E-state index in [1.807, 2.05) is 12.1 Å². The van der Waals surface area contributed by atoms with Crippen molar-refractivity contribution < 1.29 is 9.18 Å². The molecule has 2 atom stereocenters. The minimum Gasteiger partial charge on any atom is -0.369 e. The zero-order chi connectivity index (χ0) is 16.7. The number of fused-ring (bicyclic) bond motifs is 1.